The first-order valence-corrected chi connectivity index (χ1v) is 6.67. The number of hydrogen-bond donors (Lipinski definition) is 1. The summed E-state index contributed by atoms with van der Waals surface area (Å²) in [6, 6.07) is 9.76. The first kappa shape index (κ1) is 14.7. The number of primary amides is 1. The van der Waals surface area contributed by atoms with Crippen molar-refractivity contribution >= 4 is 29.1 Å². The molecule has 0 unspecified atom stereocenters. The number of hydrogen-bond acceptors (Lipinski definition) is 4. The van der Waals surface area contributed by atoms with Gasteiger partial charge in [0.05, 0.1) is 18.5 Å². The number of nitrogens with two attached hydrogens (primary N) is 1. The van der Waals surface area contributed by atoms with Gasteiger partial charge in [-0.15, -0.1) is 0 Å². The second kappa shape index (κ2) is 5.88. The van der Waals surface area contributed by atoms with Crippen LogP contribution in [0.15, 0.2) is 30.3 Å². The molecule has 0 bridgehead atoms. The molecule has 2 aromatic heterocycles. The summed E-state index contributed by atoms with van der Waals surface area (Å²) in [4.78, 5) is 15.7. The van der Waals surface area contributed by atoms with Gasteiger partial charge in [-0.3, -0.25) is 0 Å². The third kappa shape index (κ3) is 2.76. The van der Waals surface area contributed by atoms with Crippen LogP contribution in [0.5, 0.6) is 5.88 Å². The largest absolute Gasteiger partial charge is 0.481 e. The number of aromatic nitrogens is 3. The highest BCUT2D eigenvalue weighted by atomic mass is 19.1. The van der Waals surface area contributed by atoms with Gasteiger partial charge in [-0.05, 0) is 36.4 Å². The number of nitrogens with zero attached hydrogens (tertiary/aromatic N) is 3. The molecular formula is C16H12FN4O2. The number of carbonyl (C=O) groups is 1. The normalized spacial score (nSPS) is 11.2. The van der Waals surface area contributed by atoms with Crippen molar-refractivity contribution < 1.29 is 13.9 Å². The standard InChI is InChI=1S/C16H12FN4O2/c1-23-14-7-2-4-10(19-14)8-9-13-11-5-3-6-12(17)15(11)21(20-13)16(18)22/h2,4-9H,1H3,(H2,18,22). The second-order valence-electron chi connectivity index (χ2n) is 4.64. The van der Waals surface area contributed by atoms with Crippen LogP contribution in [0, 0.1) is 11.9 Å². The van der Waals surface area contributed by atoms with E-state index in [2.05, 4.69) is 16.1 Å². The molecule has 2 heterocycles. The molecule has 3 rings (SSSR count). The fourth-order valence-corrected chi connectivity index (χ4v) is 2.17. The highest BCUT2D eigenvalue weighted by Crippen LogP contribution is 2.22. The van der Waals surface area contributed by atoms with Crippen molar-refractivity contribution in [1.82, 2.24) is 14.8 Å². The summed E-state index contributed by atoms with van der Waals surface area (Å²) in [5.41, 5.74) is 6.28. The Hall–Kier alpha value is -3.22. The summed E-state index contributed by atoms with van der Waals surface area (Å²) in [6.45, 7) is 0. The van der Waals surface area contributed by atoms with Crippen molar-refractivity contribution in [2.24, 2.45) is 5.73 Å². The number of carbonyl (C=O) groups excluding carboxylic acids is 1. The van der Waals surface area contributed by atoms with Crippen molar-refractivity contribution in [2.75, 3.05) is 7.11 Å². The molecule has 0 saturated heterocycles. The van der Waals surface area contributed by atoms with Crippen LogP contribution in [-0.4, -0.2) is 27.9 Å². The molecule has 6 nitrogen and oxygen atoms in total. The lowest BCUT2D eigenvalue weighted by Gasteiger charge is -1.98. The average molecular weight is 311 g/mol. The zero-order chi connectivity index (χ0) is 16.4. The number of pyridine rings is 1. The predicted octanol–water partition coefficient (Wildman–Crippen LogP) is 2.48. The van der Waals surface area contributed by atoms with Gasteiger partial charge in [0.2, 0.25) is 5.88 Å². The Bertz CT molecular complexity index is 918. The molecule has 7 heteroatoms. The van der Waals surface area contributed by atoms with Crippen molar-refractivity contribution in [3.05, 3.63) is 53.6 Å². The number of halogens is 1. The molecule has 0 atom stereocenters. The SMILES string of the molecule is COc1cccc(C=Cc2nn(C(N)=O)c3c(F)c[c]cc23)n1. The van der Waals surface area contributed by atoms with E-state index in [1.807, 2.05) is 0 Å². The molecule has 23 heavy (non-hydrogen) atoms. The van der Waals surface area contributed by atoms with Crippen LogP contribution in [0.2, 0.25) is 0 Å². The number of rotatable bonds is 3. The number of amides is 1. The molecular weight excluding hydrogens is 299 g/mol. The fourth-order valence-electron chi connectivity index (χ4n) is 2.17. The summed E-state index contributed by atoms with van der Waals surface area (Å²) >= 11 is 0. The van der Waals surface area contributed by atoms with Crippen molar-refractivity contribution in [2.45, 2.75) is 0 Å². The average Bonchev–Trinajstić information content (AvgIpc) is 2.94. The third-order valence-corrected chi connectivity index (χ3v) is 3.19. The van der Waals surface area contributed by atoms with Crippen LogP contribution in [0.3, 0.4) is 0 Å². The maximum Gasteiger partial charge on any atom is 0.340 e. The van der Waals surface area contributed by atoms with Gasteiger partial charge >= 0.3 is 6.03 Å². The Morgan fingerprint density at radius 1 is 1.39 bits per heavy atom. The van der Waals surface area contributed by atoms with Crippen LogP contribution in [0.4, 0.5) is 9.18 Å². The molecule has 0 fully saturated rings. The molecule has 3 aromatic rings. The van der Waals surface area contributed by atoms with Gasteiger partial charge in [0, 0.05) is 11.5 Å². The number of benzene rings is 1. The summed E-state index contributed by atoms with van der Waals surface area (Å²) in [6.07, 6.45) is 3.30. The van der Waals surface area contributed by atoms with Crippen LogP contribution >= 0.6 is 0 Å². The van der Waals surface area contributed by atoms with E-state index in [-0.39, 0.29) is 5.52 Å². The maximum atomic E-state index is 13.9. The van der Waals surface area contributed by atoms with Gasteiger partial charge in [0.15, 0.2) is 0 Å². The minimum Gasteiger partial charge on any atom is -0.481 e. The first-order valence-electron chi connectivity index (χ1n) is 6.67. The minimum absolute atomic E-state index is 0.0227. The lowest BCUT2D eigenvalue weighted by Crippen LogP contribution is -2.21. The topological polar surface area (TPSA) is 83.0 Å². The Morgan fingerprint density at radius 3 is 2.96 bits per heavy atom. The summed E-state index contributed by atoms with van der Waals surface area (Å²) in [7, 11) is 1.52. The molecule has 1 radical (unpaired) electrons. The van der Waals surface area contributed by atoms with Crippen molar-refractivity contribution in [3.8, 4) is 5.88 Å². The molecule has 1 aromatic carbocycles. The van der Waals surface area contributed by atoms with Crippen LogP contribution in [-0.2, 0) is 0 Å². The highest BCUT2D eigenvalue weighted by Gasteiger charge is 2.15. The second-order valence-corrected chi connectivity index (χ2v) is 4.64. The molecule has 0 saturated carbocycles. The molecule has 2 N–H and O–H groups in total. The van der Waals surface area contributed by atoms with Gasteiger partial charge < -0.3 is 10.5 Å². The summed E-state index contributed by atoms with van der Waals surface area (Å²) in [5.74, 6) is -0.146. The van der Waals surface area contributed by atoms with E-state index in [4.69, 9.17) is 10.5 Å². The fraction of sp³-hybridized carbons (Fsp3) is 0.0625. The van der Waals surface area contributed by atoms with E-state index >= 15 is 0 Å². The maximum absolute atomic E-state index is 13.9. The predicted molar refractivity (Wildman–Crippen MR) is 83.2 cm³/mol. The molecule has 0 spiro atoms. The molecule has 1 amide bonds. The van der Waals surface area contributed by atoms with Crippen LogP contribution in [0.1, 0.15) is 11.4 Å². The summed E-state index contributed by atoms with van der Waals surface area (Å²) < 4.78 is 19.8. The lowest BCUT2D eigenvalue weighted by molar-refractivity contribution is 0.248. The molecule has 0 aliphatic heterocycles. The van der Waals surface area contributed by atoms with E-state index in [1.165, 1.54) is 7.11 Å². The highest BCUT2D eigenvalue weighted by molar-refractivity contribution is 5.95. The molecule has 115 valence electrons. The Kier molecular flexibility index (Phi) is 3.76. The van der Waals surface area contributed by atoms with E-state index in [0.29, 0.717) is 22.7 Å². The Labute approximate surface area is 131 Å². The van der Waals surface area contributed by atoms with Crippen LogP contribution in [0.25, 0.3) is 23.1 Å². The minimum atomic E-state index is -0.862. The van der Waals surface area contributed by atoms with Crippen molar-refractivity contribution in [3.63, 3.8) is 0 Å². The lowest BCUT2D eigenvalue weighted by atomic mass is 10.2. The number of fused-ring (bicyclic) bond motifs is 1. The van der Waals surface area contributed by atoms with Gasteiger partial charge in [-0.1, -0.05) is 6.07 Å². The first-order chi connectivity index (χ1) is 11.1. The van der Waals surface area contributed by atoms with Gasteiger partial charge in [-0.25, -0.2) is 14.2 Å². The van der Waals surface area contributed by atoms with Crippen LogP contribution < -0.4 is 10.5 Å². The number of ether oxygens (including phenoxy) is 1. The van der Waals surface area contributed by atoms with E-state index in [9.17, 15) is 9.18 Å². The quantitative estimate of drug-likeness (QED) is 0.805. The smallest absolute Gasteiger partial charge is 0.340 e. The van der Waals surface area contributed by atoms with Gasteiger partial charge in [-0.2, -0.15) is 9.78 Å². The zero-order valence-corrected chi connectivity index (χ0v) is 12.2. The number of methoxy groups -OCH3 is 1. The molecule has 0 aliphatic rings. The Balaban J connectivity index is 2.08. The van der Waals surface area contributed by atoms with E-state index < -0.39 is 11.8 Å². The molecule has 0 aliphatic carbocycles. The van der Waals surface area contributed by atoms with E-state index in [1.54, 1.807) is 36.4 Å². The monoisotopic (exact) mass is 311 g/mol. The van der Waals surface area contributed by atoms with Gasteiger partial charge in [0.1, 0.15) is 11.3 Å². The Morgan fingerprint density at radius 2 is 2.22 bits per heavy atom. The third-order valence-electron chi connectivity index (χ3n) is 3.19. The summed E-state index contributed by atoms with van der Waals surface area (Å²) in [5, 5.41) is 4.48. The zero-order valence-electron chi connectivity index (χ0n) is 12.2. The van der Waals surface area contributed by atoms with E-state index in [0.717, 1.165) is 10.7 Å². The van der Waals surface area contributed by atoms with Gasteiger partial charge in [0.25, 0.3) is 0 Å². The van der Waals surface area contributed by atoms with Crippen molar-refractivity contribution in [1.29, 1.82) is 0 Å².